The molecule has 0 bridgehead atoms. The zero-order valence-electron chi connectivity index (χ0n) is 10.6. The molecule has 1 N–H and O–H groups in total. The zero-order chi connectivity index (χ0) is 13.2. The van der Waals surface area contributed by atoms with Gasteiger partial charge >= 0.3 is 5.97 Å². The minimum absolute atomic E-state index is 0.169. The Labute approximate surface area is 108 Å². The predicted molar refractivity (Wildman–Crippen MR) is 67.7 cm³/mol. The molecule has 18 heavy (non-hydrogen) atoms. The van der Waals surface area contributed by atoms with Crippen LogP contribution in [-0.2, 0) is 14.8 Å². The Morgan fingerprint density at radius 3 is 2.33 bits per heavy atom. The minimum Gasteiger partial charge on any atom is -0.481 e. The number of carboxylic acids is 1. The molecule has 0 amide bonds. The van der Waals surface area contributed by atoms with Crippen molar-refractivity contribution in [2.75, 3.05) is 18.8 Å². The fourth-order valence-electron chi connectivity index (χ4n) is 3.02. The summed E-state index contributed by atoms with van der Waals surface area (Å²) in [7, 11) is -3.22. The molecule has 104 valence electrons. The SMILES string of the molecule is O=C(O)C1(CN2CCCCS2(=O)=O)CCCCC1. The van der Waals surface area contributed by atoms with E-state index in [0.717, 1.165) is 25.7 Å². The molecule has 0 atom stereocenters. The molecule has 1 aliphatic heterocycles. The van der Waals surface area contributed by atoms with E-state index >= 15 is 0 Å². The van der Waals surface area contributed by atoms with Gasteiger partial charge in [-0.3, -0.25) is 4.79 Å². The van der Waals surface area contributed by atoms with Gasteiger partial charge in [-0.25, -0.2) is 12.7 Å². The van der Waals surface area contributed by atoms with Crippen LogP contribution in [-0.4, -0.2) is 42.6 Å². The minimum atomic E-state index is -3.22. The van der Waals surface area contributed by atoms with Crippen molar-refractivity contribution in [3.63, 3.8) is 0 Å². The van der Waals surface area contributed by atoms with E-state index in [1.165, 1.54) is 4.31 Å². The van der Waals surface area contributed by atoms with E-state index in [9.17, 15) is 18.3 Å². The molecule has 1 saturated heterocycles. The first-order valence-electron chi connectivity index (χ1n) is 6.68. The van der Waals surface area contributed by atoms with E-state index < -0.39 is 21.4 Å². The molecular formula is C12H21NO4S. The first kappa shape index (κ1) is 13.8. The van der Waals surface area contributed by atoms with Crippen LogP contribution in [0.25, 0.3) is 0 Å². The largest absolute Gasteiger partial charge is 0.481 e. The molecule has 5 nitrogen and oxygen atoms in total. The summed E-state index contributed by atoms with van der Waals surface area (Å²) < 4.78 is 25.3. The highest BCUT2D eigenvalue weighted by Crippen LogP contribution is 2.38. The van der Waals surface area contributed by atoms with Crippen LogP contribution in [0, 0.1) is 5.41 Å². The van der Waals surface area contributed by atoms with Crippen LogP contribution in [0.2, 0.25) is 0 Å². The lowest BCUT2D eigenvalue weighted by molar-refractivity contribution is -0.151. The van der Waals surface area contributed by atoms with Crippen LogP contribution in [0.15, 0.2) is 0 Å². The lowest BCUT2D eigenvalue weighted by Crippen LogP contribution is -2.49. The van der Waals surface area contributed by atoms with Crippen molar-refractivity contribution in [1.82, 2.24) is 4.31 Å². The van der Waals surface area contributed by atoms with Gasteiger partial charge in [0, 0.05) is 13.1 Å². The standard InChI is InChI=1S/C12H21NO4S/c14-11(15)12(6-2-1-3-7-12)10-13-8-4-5-9-18(13,16)17/h1-10H2,(H,14,15). The number of carbonyl (C=O) groups is 1. The van der Waals surface area contributed by atoms with Crippen LogP contribution >= 0.6 is 0 Å². The number of sulfonamides is 1. The van der Waals surface area contributed by atoms with E-state index in [2.05, 4.69) is 0 Å². The van der Waals surface area contributed by atoms with Crippen molar-refractivity contribution in [2.24, 2.45) is 5.41 Å². The van der Waals surface area contributed by atoms with Crippen LogP contribution in [0.5, 0.6) is 0 Å². The van der Waals surface area contributed by atoms with Gasteiger partial charge in [-0.2, -0.15) is 0 Å². The summed E-state index contributed by atoms with van der Waals surface area (Å²) in [5, 5.41) is 9.47. The van der Waals surface area contributed by atoms with E-state index in [4.69, 9.17) is 0 Å². The molecule has 0 aromatic heterocycles. The molecule has 2 aliphatic rings. The molecule has 2 rings (SSSR count). The molecule has 1 heterocycles. The Morgan fingerprint density at radius 1 is 1.11 bits per heavy atom. The molecule has 0 aromatic carbocycles. The van der Waals surface area contributed by atoms with Gasteiger partial charge in [-0.05, 0) is 25.7 Å². The fourth-order valence-corrected chi connectivity index (χ4v) is 4.70. The normalized spacial score (nSPS) is 27.8. The molecule has 1 aliphatic carbocycles. The highest BCUT2D eigenvalue weighted by atomic mass is 32.2. The summed E-state index contributed by atoms with van der Waals surface area (Å²) in [6.45, 7) is 0.655. The number of carboxylic acid groups (broad SMARTS) is 1. The van der Waals surface area contributed by atoms with Crippen LogP contribution in [0.4, 0.5) is 0 Å². The monoisotopic (exact) mass is 275 g/mol. The summed E-state index contributed by atoms with van der Waals surface area (Å²) in [6, 6.07) is 0. The smallest absolute Gasteiger partial charge is 0.310 e. The first-order valence-corrected chi connectivity index (χ1v) is 8.28. The van der Waals surface area contributed by atoms with Gasteiger partial charge in [0.2, 0.25) is 10.0 Å². The summed E-state index contributed by atoms with van der Waals surface area (Å²) in [5.74, 6) is -0.661. The molecular weight excluding hydrogens is 254 g/mol. The van der Waals surface area contributed by atoms with Crippen LogP contribution in [0.3, 0.4) is 0 Å². The third-order valence-electron chi connectivity index (χ3n) is 4.20. The predicted octanol–water partition coefficient (Wildman–Crippen LogP) is 1.45. The maximum absolute atomic E-state index is 12.0. The molecule has 0 aromatic rings. The van der Waals surface area contributed by atoms with Gasteiger partial charge in [-0.15, -0.1) is 0 Å². The molecule has 0 unspecified atom stereocenters. The Hall–Kier alpha value is -0.620. The van der Waals surface area contributed by atoms with Crippen molar-refractivity contribution in [1.29, 1.82) is 0 Å². The van der Waals surface area contributed by atoms with Crippen molar-refractivity contribution in [3.05, 3.63) is 0 Å². The second kappa shape index (κ2) is 5.17. The quantitative estimate of drug-likeness (QED) is 0.846. The van der Waals surface area contributed by atoms with E-state index in [1.54, 1.807) is 0 Å². The molecule has 1 saturated carbocycles. The molecule has 6 heteroatoms. The maximum atomic E-state index is 12.0. The molecule has 0 radical (unpaired) electrons. The Balaban J connectivity index is 2.16. The summed E-state index contributed by atoms with van der Waals surface area (Å²) in [5.41, 5.74) is -0.845. The summed E-state index contributed by atoms with van der Waals surface area (Å²) in [6.07, 6.45) is 5.58. The lowest BCUT2D eigenvalue weighted by atomic mass is 9.74. The van der Waals surface area contributed by atoms with Gasteiger partial charge < -0.3 is 5.11 Å². The Kier molecular flexibility index (Phi) is 3.96. The fraction of sp³-hybridized carbons (Fsp3) is 0.917. The lowest BCUT2D eigenvalue weighted by Gasteiger charge is -2.38. The number of hydrogen-bond acceptors (Lipinski definition) is 3. The highest BCUT2D eigenvalue weighted by molar-refractivity contribution is 7.89. The summed E-state index contributed by atoms with van der Waals surface area (Å²) >= 11 is 0. The van der Waals surface area contributed by atoms with Crippen LogP contribution < -0.4 is 0 Å². The van der Waals surface area contributed by atoms with Crippen molar-refractivity contribution >= 4 is 16.0 Å². The topological polar surface area (TPSA) is 74.7 Å². The number of aliphatic carboxylic acids is 1. The van der Waals surface area contributed by atoms with Gasteiger partial charge in [0.05, 0.1) is 11.2 Å². The van der Waals surface area contributed by atoms with E-state index in [-0.39, 0.29) is 12.3 Å². The average Bonchev–Trinajstić information content (AvgIpc) is 2.33. The highest BCUT2D eigenvalue weighted by Gasteiger charge is 2.43. The third kappa shape index (κ3) is 2.69. The number of nitrogens with zero attached hydrogens (tertiary/aromatic N) is 1. The maximum Gasteiger partial charge on any atom is 0.310 e. The average molecular weight is 275 g/mol. The second-order valence-corrected chi connectivity index (χ2v) is 7.59. The van der Waals surface area contributed by atoms with E-state index in [1.807, 2.05) is 0 Å². The third-order valence-corrected chi connectivity index (χ3v) is 6.10. The second-order valence-electron chi connectivity index (χ2n) is 5.50. The van der Waals surface area contributed by atoms with Crippen LogP contribution in [0.1, 0.15) is 44.9 Å². The van der Waals surface area contributed by atoms with Gasteiger partial charge in [-0.1, -0.05) is 19.3 Å². The van der Waals surface area contributed by atoms with Gasteiger partial charge in [0.1, 0.15) is 0 Å². The Bertz CT molecular complexity index is 412. The van der Waals surface area contributed by atoms with Crippen molar-refractivity contribution < 1.29 is 18.3 Å². The summed E-state index contributed by atoms with van der Waals surface area (Å²) in [4.78, 5) is 11.5. The molecule has 0 spiro atoms. The Morgan fingerprint density at radius 2 is 1.78 bits per heavy atom. The zero-order valence-corrected chi connectivity index (χ0v) is 11.4. The van der Waals surface area contributed by atoms with Gasteiger partial charge in [0.25, 0.3) is 0 Å². The van der Waals surface area contributed by atoms with Crippen molar-refractivity contribution in [3.8, 4) is 0 Å². The van der Waals surface area contributed by atoms with Gasteiger partial charge in [0.15, 0.2) is 0 Å². The van der Waals surface area contributed by atoms with Crippen molar-refractivity contribution in [2.45, 2.75) is 44.9 Å². The number of hydrogen-bond donors (Lipinski definition) is 1. The number of rotatable bonds is 3. The van der Waals surface area contributed by atoms with E-state index in [0.29, 0.717) is 25.8 Å². The first-order chi connectivity index (χ1) is 8.46. The molecule has 2 fully saturated rings.